The second-order valence-electron chi connectivity index (χ2n) is 4.42. The Labute approximate surface area is 108 Å². The minimum absolute atomic E-state index is 0.145. The van der Waals surface area contributed by atoms with Gasteiger partial charge < -0.3 is 4.90 Å². The molecule has 0 aromatic carbocycles. The Morgan fingerprint density at radius 2 is 2.35 bits per heavy atom. The molecule has 2 unspecified atom stereocenters. The smallest absolute Gasteiger partial charge is 0.255 e. The normalized spacial score (nSPS) is 24.8. The van der Waals surface area contributed by atoms with Crippen LogP contribution in [0.3, 0.4) is 0 Å². The van der Waals surface area contributed by atoms with Crippen molar-refractivity contribution in [1.82, 2.24) is 9.88 Å². The molecule has 0 aliphatic carbocycles. The lowest BCUT2D eigenvalue weighted by Gasteiger charge is -2.34. The van der Waals surface area contributed by atoms with Crippen molar-refractivity contribution in [2.75, 3.05) is 13.1 Å². The number of alkyl halides is 1. The predicted molar refractivity (Wildman–Crippen MR) is 66.6 cm³/mol. The van der Waals surface area contributed by atoms with Crippen LogP contribution in [0.4, 0.5) is 4.39 Å². The van der Waals surface area contributed by atoms with E-state index in [-0.39, 0.29) is 5.91 Å². The molecule has 0 spiro atoms. The monoisotopic (exact) mass is 300 g/mol. The summed E-state index contributed by atoms with van der Waals surface area (Å²) in [6.07, 6.45) is 3.47. The lowest BCUT2D eigenvalue weighted by molar-refractivity contribution is 0.0705. The lowest BCUT2D eigenvalue weighted by Crippen LogP contribution is -2.43. The molecule has 3 nitrogen and oxygen atoms in total. The van der Waals surface area contributed by atoms with E-state index >= 15 is 0 Å². The maximum absolute atomic E-state index is 13.0. The molecule has 0 radical (unpaired) electrons. The summed E-state index contributed by atoms with van der Waals surface area (Å²) in [5, 5.41) is 0. The summed E-state index contributed by atoms with van der Waals surface area (Å²) in [6.45, 7) is 3.54. The maximum Gasteiger partial charge on any atom is 0.255 e. The van der Waals surface area contributed by atoms with Gasteiger partial charge in [0.05, 0.1) is 11.8 Å². The van der Waals surface area contributed by atoms with Crippen molar-refractivity contribution in [1.29, 1.82) is 0 Å². The summed E-state index contributed by atoms with van der Waals surface area (Å²) >= 11 is 3.57. The van der Waals surface area contributed by atoms with Gasteiger partial charge in [-0.2, -0.15) is 0 Å². The zero-order chi connectivity index (χ0) is 12.4. The number of hydrogen-bond acceptors (Lipinski definition) is 2. The minimum Gasteiger partial charge on any atom is -0.337 e. The van der Waals surface area contributed by atoms with Gasteiger partial charge in [-0.15, -0.1) is 0 Å². The third-order valence-electron chi connectivity index (χ3n) is 3.11. The summed E-state index contributed by atoms with van der Waals surface area (Å²) in [5.41, 5.74) is 0.319. The van der Waals surface area contributed by atoms with Gasteiger partial charge in [0.1, 0.15) is 5.82 Å². The number of nitrogens with zero attached hydrogens (tertiary/aromatic N) is 2. The summed E-state index contributed by atoms with van der Waals surface area (Å²) in [4.78, 5) is 17.9. The molecule has 0 bridgehead atoms. The van der Waals surface area contributed by atoms with E-state index in [0.717, 1.165) is 19.2 Å². The Bertz CT molecular complexity index is 427. The lowest BCUT2D eigenvalue weighted by atomic mass is 9.98. The highest BCUT2D eigenvalue weighted by molar-refractivity contribution is 9.09. The summed E-state index contributed by atoms with van der Waals surface area (Å²) in [5.74, 6) is -0.0605. The Hall–Kier alpha value is -0.970. The number of carbonyl (C=O) groups is 1. The van der Waals surface area contributed by atoms with Crippen molar-refractivity contribution < 1.29 is 9.18 Å². The summed E-state index contributed by atoms with van der Waals surface area (Å²) in [6, 6.07) is 1.23. The first-order chi connectivity index (χ1) is 8.08. The number of piperidine rings is 1. The Morgan fingerprint density at radius 3 is 3.00 bits per heavy atom. The number of aromatic nitrogens is 1. The number of hydrogen-bond donors (Lipinski definition) is 0. The Morgan fingerprint density at radius 1 is 1.59 bits per heavy atom. The van der Waals surface area contributed by atoms with Gasteiger partial charge in [0.15, 0.2) is 0 Å². The van der Waals surface area contributed by atoms with E-state index in [1.807, 2.05) is 0 Å². The van der Waals surface area contributed by atoms with Crippen LogP contribution >= 0.6 is 15.9 Å². The van der Waals surface area contributed by atoms with Crippen molar-refractivity contribution in [2.24, 2.45) is 5.92 Å². The molecule has 1 aromatic rings. The largest absolute Gasteiger partial charge is 0.337 e. The summed E-state index contributed by atoms with van der Waals surface area (Å²) in [7, 11) is 0. The third kappa shape index (κ3) is 2.83. The van der Waals surface area contributed by atoms with Crippen LogP contribution in [0.2, 0.25) is 0 Å². The molecule has 0 N–H and O–H groups in total. The van der Waals surface area contributed by atoms with Crippen LogP contribution in [0.5, 0.6) is 0 Å². The van der Waals surface area contributed by atoms with Gasteiger partial charge in [0, 0.05) is 24.1 Å². The van der Waals surface area contributed by atoms with Gasteiger partial charge in [-0.1, -0.05) is 22.9 Å². The summed E-state index contributed by atoms with van der Waals surface area (Å²) < 4.78 is 13.0. The molecule has 1 aliphatic heterocycles. The zero-order valence-electron chi connectivity index (χ0n) is 9.57. The maximum atomic E-state index is 13.0. The van der Waals surface area contributed by atoms with Crippen LogP contribution in [0.1, 0.15) is 23.7 Å². The first kappa shape index (κ1) is 12.5. The fourth-order valence-electron chi connectivity index (χ4n) is 1.92. The molecule has 1 fully saturated rings. The molecule has 1 saturated heterocycles. The quantitative estimate of drug-likeness (QED) is 0.747. The van der Waals surface area contributed by atoms with Crippen LogP contribution in [-0.4, -0.2) is 33.7 Å². The van der Waals surface area contributed by atoms with Crippen LogP contribution in [0, 0.1) is 11.7 Å². The van der Waals surface area contributed by atoms with E-state index in [1.54, 1.807) is 4.90 Å². The molecule has 2 rings (SSSR count). The van der Waals surface area contributed by atoms with Crippen molar-refractivity contribution in [3.8, 4) is 0 Å². The second kappa shape index (κ2) is 5.12. The molecule has 0 saturated carbocycles. The van der Waals surface area contributed by atoms with E-state index in [0.29, 0.717) is 22.9 Å². The number of likely N-dealkylation sites (tertiary alicyclic amines) is 1. The number of rotatable bonds is 1. The molecule has 17 heavy (non-hydrogen) atoms. The molecule has 1 aliphatic rings. The van der Waals surface area contributed by atoms with E-state index in [9.17, 15) is 9.18 Å². The first-order valence-electron chi connectivity index (χ1n) is 5.62. The number of halogens is 2. The van der Waals surface area contributed by atoms with Gasteiger partial charge in [0.2, 0.25) is 0 Å². The van der Waals surface area contributed by atoms with Gasteiger partial charge in [0.25, 0.3) is 5.91 Å². The molecule has 92 valence electrons. The van der Waals surface area contributed by atoms with Gasteiger partial charge in [-0.25, -0.2) is 4.39 Å². The molecule has 1 amide bonds. The fraction of sp³-hybridized carbons (Fsp3) is 0.500. The van der Waals surface area contributed by atoms with Crippen LogP contribution < -0.4 is 0 Å². The predicted octanol–water partition coefficient (Wildman–Crippen LogP) is 2.47. The molecule has 2 atom stereocenters. The Balaban J connectivity index is 2.10. The molecule has 2 heterocycles. The molecule has 1 aromatic heterocycles. The number of carbonyl (C=O) groups excluding carboxylic acids is 1. The van der Waals surface area contributed by atoms with E-state index in [2.05, 4.69) is 27.8 Å². The minimum atomic E-state index is -0.475. The van der Waals surface area contributed by atoms with Crippen molar-refractivity contribution >= 4 is 21.8 Å². The zero-order valence-corrected chi connectivity index (χ0v) is 11.2. The third-order valence-corrected chi connectivity index (χ3v) is 4.30. The topological polar surface area (TPSA) is 33.2 Å². The highest BCUT2D eigenvalue weighted by Crippen LogP contribution is 2.24. The Kier molecular flexibility index (Phi) is 3.76. The highest BCUT2D eigenvalue weighted by atomic mass is 79.9. The van der Waals surface area contributed by atoms with E-state index < -0.39 is 5.82 Å². The van der Waals surface area contributed by atoms with Crippen LogP contribution in [0.15, 0.2) is 18.5 Å². The van der Waals surface area contributed by atoms with E-state index in [4.69, 9.17) is 0 Å². The van der Waals surface area contributed by atoms with Crippen molar-refractivity contribution in [3.63, 3.8) is 0 Å². The average molecular weight is 301 g/mol. The molecular formula is C12H14BrFN2O. The number of pyridine rings is 1. The van der Waals surface area contributed by atoms with Crippen molar-refractivity contribution in [2.45, 2.75) is 18.2 Å². The van der Waals surface area contributed by atoms with Crippen LogP contribution in [0.25, 0.3) is 0 Å². The van der Waals surface area contributed by atoms with Gasteiger partial charge >= 0.3 is 0 Å². The van der Waals surface area contributed by atoms with Crippen molar-refractivity contribution in [3.05, 3.63) is 29.8 Å². The standard InChI is InChI=1S/C12H14BrFN2O/c1-8-2-3-16(7-11(8)13)12(17)9-4-10(14)6-15-5-9/h4-6,8,11H,2-3,7H2,1H3. The first-order valence-corrected chi connectivity index (χ1v) is 6.53. The average Bonchev–Trinajstić information content (AvgIpc) is 2.32. The molecular weight excluding hydrogens is 287 g/mol. The molecule has 5 heteroatoms. The fourth-order valence-corrected chi connectivity index (χ4v) is 2.53. The number of amides is 1. The van der Waals surface area contributed by atoms with Gasteiger partial charge in [-0.05, 0) is 18.4 Å². The van der Waals surface area contributed by atoms with E-state index in [1.165, 1.54) is 12.3 Å². The van der Waals surface area contributed by atoms with Crippen LogP contribution in [-0.2, 0) is 0 Å². The highest BCUT2D eigenvalue weighted by Gasteiger charge is 2.27. The SMILES string of the molecule is CC1CCN(C(=O)c2cncc(F)c2)CC1Br. The van der Waals surface area contributed by atoms with Gasteiger partial charge in [-0.3, -0.25) is 9.78 Å². The second-order valence-corrected chi connectivity index (χ2v) is 5.60.